The van der Waals surface area contributed by atoms with Crippen molar-refractivity contribution >= 4 is 6.08 Å². The SMILES string of the molecule is [C-]1=Cc2ccccc2C1. The normalized spacial score (nSPS) is 13.8. The van der Waals surface area contributed by atoms with Crippen LogP contribution in [0.5, 0.6) is 0 Å². The summed E-state index contributed by atoms with van der Waals surface area (Å²) in [6.07, 6.45) is 6.21. The van der Waals surface area contributed by atoms with E-state index in [2.05, 4.69) is 36.4 Å². The summed E-state index contributed by atoms with van der Waals surface area (Å²) in [5.74, 6) is 0. The van der Waals surface area contributed by atoms with E-state index in [1.807, 2.05) is 0 Å². The minimum Gasteiger partial charge on any atom is -0.272 e. The molecule has 0 amide bonds. The highest BCUT2D eigenvalue weighted by atomic mass is 14.0. The van der Waals surface area contributed by atoms with Crippen LogP contribution in [0.4, 0.5) is 0 Å². The van der Waals surface area contributed by atoms with Gasteiger partial charge in [0.1, 0.15) is 0 Å². The van der Waals surface area contributed by atoms with Gasteiger partial charge in [0.25, 0.3) is 0 Å². The highest BCUT2D eigenvalue weighted by Gasteiger charge is 1.89. The zero-order valence-electron chi connectivity index (χ0n) is 5.09. The molecule has 0 unspecified atom stereocenters. The van der Waals surface area contributed by atoms with E-state index in [0.29, 0.717) is 0 Å². The number of rotatable bonds is 0. The number of hydrogen-bond donors (Lipinski definition) is 0. The molecule has 9 heavy (non-hydrogen) atoms. The van der Waals surface area contributed by atoms with Crippen molar-refractivity contribution in [3.8, 4) is 0 Å². The summed E-state index contributed by atoms with van der Waals surface area (Å²) in [7, 11) is 0. The van der Waals surface area contributed by atoms with Gasteiger partial charge >= 0.3 is 0 Å². The van der Waals surface area contributed by atoms with Crippen molar-refractivity contribution in [3.05, 3.63) is 41.5 Å². The molecular formula is C9H7-. The second-order valence-electron chi connectivity index (χ2n) is 2.22. The van der Waals surface area contributed by atoms with Crippen LogP contribution >= 0.6 is 0 Å². The van der Waals surface area contributed by atoms with Gasteiger partial charge in [-0.1, -0.05) is 18.2 Å². The second-order valence-corrected chi connectivity index (χ2v) is 2.22. The fourth-order valence-corrected chi connectivity index (χ4v) is 1.11. The minimum absolute atomic E-state index is 0.996. The van der Waals surface area contributed by atoms with Gasteiger partial charge in [-0.3, -0.25) is 6.08 Å². The quantitative estimate of drug-likeness (QED) is 0.454. The maximum Gasteiger partial charge on any atom is -0.0650 e. The molecule has 0 heterocycles. The second kappa shape index (κ2) is 1.73. The van der Waals surface area contributed by atoms with Gasteiger partial charge in [-0.25, -0.2) is 6.08 Å². The Morgan fingerprint density at radius 3 is 3.00 bits per heavy atom. The Bertz CT molecular complexity index is 246. The Morgan fingerprint density at radius 1 is 1.22 bits per heavy atom. The van der Waals surface area contributed by atoms with E-state index >= 15 is 0 Å². The van der Waals surface area contributed by atoms with Gasteiger partial charge in [0, 0.05) is 0 Å². The van der Waals surface area contributed by atoms with E-state index in [1.54, 1.807) is 0 Å². The van der Waals surface area contributed by atoms with Crippen LogP contribution in [-0.4, -0.2) is 0 Å². The molecule has 1 aromatic rings. The van der Waals surface area contributed by atoms with Crippen LogP contribution in [0.1, 0.15) is 11.1 Å². The molecule has 0 spiro atoms. The number of allylic oxidation sites excluding steroid dienone is 1. The first kappa shape index (κ1) is 4.80. The van der Waals surface area contributed by atoms with Crippen LogP contribution in [0.25, 0.3) is 6.08 Å². The fourth-order valence-electron chi connectivity index (χ4n) is 1.11. The highest BCUT2D eigenvalue weighted by Crippen LogP contribution is 2.16. The fraction of sp³-hybridized carbons (Fsp3) is 0.111. The first-order valence-corrected chi connectivity index (χ1v) is 3.11. The average Bonchev–Trinajstić information content (AvgIpc) is 2.33. The van der Waals surface area contributed by atoms with Crippen molar-refractivity contribution in [1.82, 2.24) is 0 Å². The molecule has 0 N–H and O–H groups in total. The van der Waals surface area contributed by atoms with Crippen LogP contribution in [0, 0.1) is 6.08 Å². The lowest BCUT2D eigenvalue weighted by molar-refractivity contribution is 1.28. The number of hydrogen-bond acceptors (Lipinski definition) is 0. The van der Waals surface area contributed by atoms with E-state index in [4.69, 9.17) is 0 Å². The smallest absolute Gasteiger partial charge is 0.0650 e. The third kappa shape index (κ3) is 0.672. The molecule has 0 atom stereocenters. The van der Waals surface area contributed by atoms with E-state index < -0.39 is 0 Å². The lowest BCUT2D eigenvalue weighted by Gasteiger charge is -2.02. The van der Waals surface area contributed by atoms with Crippen LogP contribution in [0.3, 0.4) is 0 Å². The molecule has 2 rings (SSSR count). The summed E-state index contributed by atoms with van der Waals surface area (Å²) in [6, 6.07) is 8.39. The van der Waals surface area contributed by atoms with Crippen molar-refractivity contribution in [2.24, 2.45) is 0 Å². The third-order valence-electron chi connectivity index (χ3n) is 1.61. The van der Waals surface area contributed by atoms with E-state index in [9.17, 15) is 0 Å². The molecular weight excluding hydrogens is 108 g/mol. The van der Waals surface area contributed by atoms with Crippen LogP contribution in [0.15, 0.2) is 24.3 Å². The molecule has 1 aliphatic rings. The topological polar surface area (TPSA) is 0 Å². The molecule has 44 valence electrons. The van der Waals surface area contributed by atoms with Gasteiger partial charge < -0.3 is 0 Å². The molecule has 0 heteroatoms. The molecule has 0 nitrogen and oxygen atoms in total. The van der Waals surface area contributed by atoms with Gasteiger partial charge in [-0.15, -0.1) is 18.1 Å². The Hall–Kier alpha value is -1.04. The van der Waals surface area contributed by atoms with Crippen molar-refractivity contribution in [3.63, 3.8) is 0 Å². The van der Waals surface area contributed by atoms with Gasteiger partial charge in [-0.2, -0.15) is 5.56 Å². The van der Waals surface area contributed by atoms with Crippen molar-refractivity contribution in [2.45, 2.75) is 6.42 Å². The number of fused-ring (bicyclic) bond motifs is 1. The predicted molar refractivity (Wildman–Crippen MR) is 37.9 cm³/mol. The predicted octanol–water partition coefficient (Wildman–Crippen LogP) is 2.06. The molecule has 0 saturated heterocycles. The standard InChI is InChI=1S/C9H7/c1-2-5-9-7-3-6-8(9)4-1/h1-2,4-6H,7H2/q-1. The molecule has 0 bridgehead atoms. The molecule has 0 saturated carbocycles. The summed E-state index contributed by atoms with van der Waals surface area (Å²) in [5.41, 5.74) is 2.73. The van der Waals surface area contributed by atoms with Crippen LogP contribution in [-0.2, 0) is 6.42 Å². The maximum absolute atomic E-state index is 3.16. The lowest BCUT2D eigenvalue weighted by Crippen LogP contribution is -1.77. The van der Waals surface area contributed by atoms with Crippen molar-refractivity contribution in [1.29, 1.82) is 0 Å². The Morgan fingerprint density at radius 2 is 2.11 bits per heavy atom. The first-order valence-electron chi connectivity index (χ1n) is 3.11. The monoisotopic (exact) mass is 115 g/mol. The zero-order chi connectivity index (χ0) is 6.10. The Kier molecular flexibility index (Phi) is 0.922. The first-order chi connectivity index (χ1) is 4.47. The molecule has 1 aromatic carbocycles. The summed E-state index contributed by atoms with van der Waals surface area (Å²) in [5, 5.41) is 0. The van der Waals surface area contributed by atoms with Crippen LogP contribution in [0.2, 0.25) is 0 Å². The van der Waals surface area contributed by atoms with Gasteiger partial charge in [-0.05, 0) is 0 Å². The Labute approximate surface area is 54.8 Å². The van der Waals surface area contributed by atoms with E-state index in [1.165, 1.54) is 11.1 Å². The third-order valence-corrected chi connectivity index (χ3v) is 1.61. The van der Waals surface area contributed by atoms with E-state index in [0.717, 1.165) is 6.42 Å². The van der Waals surface area contributed by atoms with E-state index in [-0.39, 0.29) is 0 Å². The number of benzene rings is 1. The van der Waals surface area contributed by atoms with Gasteiger partial charge in [0.2, 0.25) is 0 Å². The molecule has 0 aromatic heterocycles. The van der Waals surface area contributed by atoms with Gasteiger partial charge in [0.05, 0.1) is 0 Å². The lowest BCUT2D eigenvalue weighted by atomic mass is 10.1. The Balaban J connectivity index is 2.63. The molecule has 1 aliphatic carbocycles. The van der Waals surface area contributed by atoms with Gasteiger partial charge in [0.15, 0.2) is 0 Å². The summed E-state index contributed by atoms with van der Waals surface area (Å²) < 4.78 is 0. The molecule has 0 aliphatic heterocycles. The largest absolute Gasteiger partial charge is 0.272 e. The van der Waals surface area contributed by atoms with Crippen molar-refractivity contribution < 1.29 is 0 Å². The highest BCUT2D eigenvalue weighted by molar-refractivity contribution is 5.57. The summed E-state index contributed by atoms with van der Waals surface area (Å²) in [4.78, 5) is 0. The average molecular weight is 115 g/mol. The summed E-state index contributed by atoms with van der Waals surface area (Å²) in [6.45, 7) is 0. The van der Waals surface area contributed by atoms with Crippen LogP contribution < -0.4 is 0 Å². The minimum atomic E-state index is 0.996. The summed E-state index contributed by atoms with van der Waals surface area (Å²) >= 11 is 0. The molecule has 0 radical (unpaired) electrons. The maximum atomic E-state index is 3.16. The van der Waals surface area contributed by atoms with Crippen molar-refractivity contribution in [2.75, 3.05) is 0 Å². The molecule has 0 fully saturated rings. The zero-order valence-corrected chi connectivity index (χ0v) is 5.09.